The number of aliphatic hydroxyl groups is 1. The van der Waals surface area contributed by atoms with Crippen LogP contribution in [0.5, 0.6) is 0 Å². The summed E-state index contributed by atoms with van der Waals surface area (Å²) in [6.07, 6.45) is 6.82. The molecule has 0 saturated carbocycles. The van der Waals surface area contributed by atoms with Crippen LogP contribution in [0.3, 0.4) is 0 Å². The number of aromatic nitrogens is 2. The van der Waals surface area contributed by atoms with E-state index < -0.39 is 0 Å². The zero-order valence-corrected chi connectivity index (χ0v) is 11.5. The average Bonchev–Trinajstić information content (AvgIpc) is 2.99. The van der Waals surface area contributed by atoms with Gasteiger partial charge < -0.3 is 15.0 Å². The molecule has 1 atom stereocenters. The van der Waals surface area contributed by atoms with Crippen molar-refractivity contribution in [1.82, 2.24) is 14.9 Å². The Bertz CT molecular complexity index is 535. The maximum Gasteiger partial charge on any atom is 0.253 e. The third-order valence-electron chi connectivity index (χ3n) is 3.05. The highest BCUT2D eigenvalue weighted by Crippen LogP contribution is 2.07. The Morgan fingerprint density at radius 2 is 2.15 bits per heavy atom. The zero-order chi connectivity index (χ0) is 14.4. The van der Waals surface area contributed by atoms with Crippen LogP contribution in [0.1, 0.15) is 30.1 Å². The molecule has 2 heterocycles. The lowest BCUT2D eigenvalue weighted by Crippen LogP contribution is -2.32. The van der Waals surface area contributed by atoms with Crippen molar-refractivity contribution in [2.75, 3.05) is 6.61 Å². The van der Waals surface area contributed by atoms with Gasteiger partial charge in [-0.25, -0.2) is 4.98 Å². The first-order valence-electron chi connectivity index (χ1n) is 6.72. The van der Waals surface area contributed by atoms with E-state index in [1.165, 1.54) is 0 Å². The van der Waals surface area contributed by atoms with Gasteiger partial charge in [0.25, 0.3) is 5.91 Å². The van der Waals surface area contributed by atoms with E-state index in [1.807, 2.05) is 42.1 Å². The van der Waals surface area contributed by atoms with E-state index >= 15 is 0 Å². The second kappa shape index (κ2) is 6.86. The average molecular weight is 273 g/mol. The molecule has 2 aromatic heterocycles. The van der Waals surface area contributed by atoms with E-state index in [9.17, 15) is 4.79 Å². The zero-order valence-electron chi connectivity index (χ0n) is 11.5. The monoisotopic (exact) mass is 273 g/mol. The Labute approximate surface area is 118 Å². The minimum atomic E-state index is -0.137. The van der Waals surface area contributed by atoms with Crippen molar-refractivity contribution < 1.29 is 9.90 Å². The third kappa shape index (κ3) is 3.68. The number of hydrogen-bond acceptors (Lipinski definition) is 3. The van der Waals surface area contributed by atoms with Crippen LogP contribution in [0.15, 0.2) is 42.9 Å². The van der Waals surface area contributed by atoms with Gasteiger partial charge in [0.2, 0.25) is 0 Å². The lowest BCUT2D eigenvalue weighted by molar-refractivity contribution is 0.0936. The fourth-order valence-corrected chi connectivity index (χ4v) is 1.94. The van der Waals surface area contributed by atoms with Gasteiger partial charge in [-0.3, -0.25) is 4.79 Å². The highest BCUT2D eigenvalue weighted by Gasteiger charge is 2.10. The molecule has 0 saturated heterocycles. The SMILES string of the molecule is CC(CCCO)NC(=O)c1ccc(-n2cccc2)nc1. The molecule has 5 nitrogen and oxygen atoms in total. The molecule has 2 aromatic rings. The second-order valence-electron chi connectivity index (χ2n) is 4.74. The molecule has 0 aliphatic heterocycles. The smallest absolute Gasteiger partial charge is 0.253 e. The first kappa shape index (κ1) is 14.3. The largest absolute Gasteiger partial charge is 0.396 e. The Hall–Kier alpha value is -2.14. The van der Waals surface area contributed by atoms with Crippen LogP contribution in [0.2, 0.25) is 0 Å². The molecular formula is C15H19N3O2. The Morgan fingerprint density at radius 1 is 1.40 bits per heavy atom. The van der Waals surface area contributed by atoms with E-state index in [0.717, 1.165) is 12.2 Å². The Morgan fingerprint density at radius 3 is 2.75 bits per heavy atom. The van der Waals surface area contributed by atoms with Crippen LogP contribution >= 0.6 is 0 Å². The van der Waals surface area contributed by atoms with Crippen LogP contribution in [0.25, 0.3) is 5.82 Å². The van der Waals surface area contributed by atoms with Crippen LogP contribution < -0.4 is 5.32 Å². The minimum absolute atomic E-state index is 0.0405. The molecule has 0 aliphatic carbocycles. The number of amides is 1. The van der Waals surface area contributed by atoms with Crippen molar-refractivity contribution in [2.45, 2.75) is 25.8 Å². The topological polar surface area (TPSA) is 67.2 Å². The van der Waals surface area contributed by atoms with Crippen molar-refractivity contribution in [1.29, 1.82) is 0 Å². The van der Waals surface area contributed by atoms with Gasteiger partial charge >= 0.3 is 0 Å². The molecule has 0 spiro atoms. The van der Waals surface area contributed by atoms with Crippen LogP contribution in [-0.4, -0.2) is 33.2 Å². The predicted molar refractivity (Wildman–Crippen MR) is 76.8 cm³/mol. The molecule has 2 N–H and O–H groups in total. The van der Waals surface area contributed by atoms with E-state index in [-0.39, 0.29) is 18.6 Å². The number of aliphatic hydroxyl groups excluding tert-OH is 1. The number of carbonyl (C=O) groups is 1. The van der Waals surface area contributed by atoms with Gasteiger partial charge in [-0.1, -0.05) is 0 Å². The van der Waals surface area contributed by atoms with Gasteiger partial charge in [0.05, 0.1) is 5.56 Å². The summed E-state index contributed by atoms with van der Waals surface area (Å²) in [4.78, 5) is 16.3. The first-order chi connectivity index (χ1) is 9.70. The number of nitrogens with one attached hydrogen (secondary N) is 1. The molecule has 0 aromatic carbocycles. The summed E-state index contributed by atoms with van der Waals surface area (Å²) in [5, 5.41) is 11.7. The summed E-state index contributed by atoms with van der Waals surface area (Å²) in [6, 6.07) is 7.46. The van der Waals surface area contributed by atoms with Gasteiger partial charge in [0.1, 0.15) is 5.82 Å². The fourth-order valence-electron chi connectivity index (χ4n) is 1.94. The van der Waals surface area contributed by atoms with Crippen molar-refractivity contribution in [2.24, 2.45) is 0 Å². The van der Waals surface area contributed by atoms with Crippen molar-refractivity contribution >= 4 is 5.91 Å². The summed E-state index contributed by atoms with van der Waals surface area (Å²) in [5.41, 5.74) is 0.539. The Balaban J connectivity index is 1.97. The molecule has 5 heteroatoms. The first-order valence-corrected chi connectivity index (χ1v) is 6.72. The summed E-state index contributed by atoms with van der Waals surface area (Å²) < 4.78 is 1.88. The lowest BCUT2D eigenvalue weighted by atomic mass is 10.1. The van der Waals surface area contributed by atoms with Gasteiger partial charge in [-0.15, -0.1) is 0 Å². The third-order valence-corrected chi connectivity index (χ3v) is 3.05. The molecule has 0 radical (unpaired) electrons. The quantitative estimate of drug-likeness (QED) is 0.842. The van der Waals surface area contributed by atoms with Crippen molar-refractivity contribution in [3.63, 3.8) is 0 Å². The molecule has 1 amide bonds. The molecule has 0 aliphatic rings. The molecule has 0 bridgehead atoms. The van der Waals surface area contributed by atoms with Gasteiger partial charge in [0, 0.05) is 31.2 Å². The van der Waals surface area contributed by atoms with Crippen LogP contribution in [0.4, 0.5) is 0 Å². The molecular weight excluding hydrogens is 254 g/mol. The molecule has 0 fully saturated rings. The number of pyridine rings is 1. The summed E-state index contributed by atoms with van der Waals surface area (Å²) in [7, 11) is 0. The number of rotatable bonds is 6. The normalized spacial score (nSPS) is 12.1. The van der Waals surface area contributed by atoms with Gasteiger partial charge in [-0.05, 0) is 44.0 Å². The maximum absolute atomic E-state index is 12.0. The van der Waals surface area contributed by atoms with Crippen molar-refractivity contribution in [3.8, 4) is 5.82 Å². The molecule has 20 heavy (non-hydrogen) atoms. The van der Waals surface area contributed by atoms with E-state index in [1.54, 1.807) is 12.3 Å². The number of nitrogens with zero attached hydrogens (tertiary/aromatic N) is 2. The summed E-state index contributed by atoms with van der Waals surface area (Å²) >= 11 is 0. The van der Waals surface area contributed by atoms with Crippen LogP contribution in [0, 0.1) is 0 Å². The molecule has 1 unspecified atom stereocenters. The van der Waals surface area contributed by atoms with E-state index in [0.29, 0.717) is 12.0 Å². The molecule has 106 valence electrons. The van der Waals surface area contributed by atoms with Crippen LogP contribution in [-0.2, 0) is 0 Å². The van der Waals surface area contributed by atoms with E-state index in [4.69, 9.17) is 5.11 Å². The number of carbonyl (C=O) groups excluding carboxylic acids is 1. The summed E-state index contributed by atoms with van der Waals surface area (Å²) in [6.45, 7) is 2.07. The highest BCUT2D eigenvalue weighted by atomic mass is 16.3. The minimum Gasteiger partial charge on any atom is -0.396 e. The van der Waals surface area contributed by atoms with E-state index in [2.05, 4.69) is 10.3 Å². The van der Waals surface area contributed by atoms with Crippen molar-refractivity contribution in [3.05, 3.63) is 48.4 Å². The predicted octanol–water partition coefficient (Wildman–Crippen LogP) is 1.76. The maximum atomic E-state index is 12.0. The fraction of sp³-hybridized carbons (Fsp3) is 0.333. The van der Waals surface area contributed by atoms with Gasteiger partial charge in [-0.2, -0.15) is 0 Å². The lowest BCUT2D eigenvalue weighted by Gasteiger charge is -2.13. The highest BCUT2D eigenvalue weighted by molar-refractivity contribution is 5.94. The Kier molecular flexibility index (Phi) is 4.90. The number of hydrogen-bond donors (Lipinski definition) is 2. The van der Waals surface area contributed by atoms with Gasteiger partial charge in [0.15, 0.2) is 0 Å². The second-order valence-corrected chi connectivity index (χ2v) is 4.74. The molecule has 2 rings (SSSR count). The standard InChI is InChI=1S/C15H19N3O2/c1-12(5-4-10-19)17-15(20)13-6-7-14(16-11-13)18-8-2-3-9-18/h2-3,6-9,11-12,19H,4-5,10H2,1H3,(H,17,20). The summed E-state index contributed by atoms with van der Waals surface area (Å²) in [5.74, 6) is 0.641.